The van der Waals surface area contributed by atoms with Gasteiger partial charge in [-0.3, -0.25) is 38.4 Å². The van der Waals surface area contributed by atoms with Crippen LogP contribution in [0.25, 0.3) is 0 Å². The fourth-order valence-corrected chi connectivity index (χ4v) is 7.62. The van der Waals surface area contributed by atoms with Crippen molar-refractivity contribution in [1.82, 2.24) is 9.80 Å². The molecule has 0 fully saturated rings. The van der Waals surface area contributed by atoms with Gasteiger partial charge in [0.25, 0.3) is 0 Å². The zero-order valence-corrected chi connectivity index (χ0v) is 38.1. The van der Waals surface area contributed by atoms with Crippen LogP contribution < -0.4 is 0 Å². The van der Waals surface area contributed by atoms with Crippen LogP contribution in [0.2, 0.25) is 0 Å². The largest absolute Gasteiger partial charge is 0.481 e. The van der Waals surface area contributed by atoms with Crippen molar-refractivity contribution in [3.63, 3.8) is 0 Å². The van der Waals surface area contributed by atoms with Gasteiger partial charge in [-0.15, -0.1) is 0 Å². The number of rotatable bonds is 39. The predicted octanol–water partition coefficient (Wildman–Crippen LogP) is 6.01. The Morgan fingerprint density at radius 1 is 0.483 bits per heavy atom. The number of carboxylic acid groups (broad SMARTS) is 2. The molecule has 0 heterocycles. The van der Waals surface area contributed by atoms with Gasteiger partial charge in [-0.05, 0) is 24.3 Å². The summed E-state index contributed by atoms with van der Waals surface area (Å²) in [6.45, 7) is 4.91. The minimum absolute atomic E-state index is 0.166. The fraction of sp³-hybridized carbons (Fsp3) is 0.810. The molecule has 60 heavy (non-hydrogen) atoms. The number of ether oxygens (including phenoxy) is 4. The molecule has 2 amide bonds. The summed E-state index contributed by atoms with van der Waals surface area (Å²) in [5.74, 6) is -4.21. The number of esters is 4. The number of carbonyl (C=O) groups excluding carboxylic acids is 6. The lowest BCUT2D eigenvalue weighted by atomic mass is 10.1. The zero-order valence-electron chi connectivity index (χ0n) is 36.5. The molecule has 2 unspecified atom stereocenters. The quantitative estimate of drug-likeness (QED) is 0.0410. The smallest absolute Gasteiger partial charge is 0.323 e. The van der Waals surface area contributed by atoms with Crippen LogP contribution in [-0.2, 0) is 57.3 Å². The van der Waals surface area contributed by atoms with Gasteiger partial charge in [0.1, 0.15) is 39.5 Å². The maximum absolute atomic E-state index is 13.3. The first-order chi connectivity index (χ1) is 28.7. The van der Waals surface area contributed by atoms with Crippen LogP contribution in [0.15, 0.2) is 0 Å². The van der Waals surface area contributed by atoms with Crippen LogP contribution >= 0.6 is 23.5 Å². The highest BCUT2D eigenvalue weighted by molar-refractivity contribution is 7.99. The molecule has 0 bridgehead atoms. The van der Waals surface area contributed by atoms with Gasteiger partial charge in [0.05, 0.1) is 31.1 Å². The third-order valence-corrected chi connectivity index (χ3v) is 11.7. The van der Waals surface area contributed by atoms with E-state index in [2.05, 4.69) is 13.8 Å². The molecule has 0 rings (SSSR count). The second-order valence-corrected chi connectivity index (χ2v) is 17.0. The van der Waals surface area contributed by atoms with Crippen LogP contribution in [0.3, 0.4) is 0 Å². The molecule has 0 spiro atoms. The summed E-state index contributed by atoms with van der Waals surface area (Å²) >= 11 is 3.39. The van der Waals surface area contributed by atoms with Crippen LogP contribution in [0.5, 0.6) is 0 Å². The lowest BCUT2D eigenvalue weighted by molar-refractivity contribution is -0.155. The van der Waals surface area contributed by atoms with E-state index in [0.717, 1.165) is 29.2 Å². The summed E-state index contributed by atoms with van der Waals surface area (Å²) < 4.78 is 20.8. The van der Waals surface area contributed by atoms with E-state index in [1.54, 1.807) is 37.4 Å². The molecule has 0 aliphatic carbocycles. The van der Waals surface area contributed by atoms with Crippen LogP contribution in [0.4, 0.5) is 0 Å². The normalized spacial score (nSPS) is 11.9. The molecule has 18 heteroatoms. The maximum atomic E-state index is 13.3. The first-order valence-corrected chi connectivity index (χ1v) is 23.8. The maximum Gasteiger partial charge on any atom is 0.323 e. The van der Waals surface area contributed by atoms with E-state index < -0.39 is 73.6 Å². The Kier molecular flexibility index (Phi) is 35.0. The van der Waals surface area contributed by atoms with E-state index >= 15 is 0 Å². The van der Waals surface area contributed by atoms with Crippen molar-refractivity contribution >= 4 is 71.2 Å². The van der Waals surface area contributed by atoms with E-state index in [1.165, 1.54) is 64.2 Å². The molecule has 0 aromatic carbocycles. The summed E-state index contributed by atoms with van der Waals surface area (Å²) in [6, 6.07) is 0. The van der Waals surface area contributed by atoms with Crippen LogP contribution in [-0.4, -0.2) is 143 Å². The Morgan fingerprint density at radius 3 is 1.32 bits per heavy atom. The molecule has 0 aliphatic heterocycles. The Labute approximate surface area is 365 Å². The monoisotopic (exact) mass is 892 g/mol. The van der Waals surface area contributed by atoms with Crippen LogP contribution in [0, 0.1) is 11.8 Å². The van der Waals surface area contributed by atoms with Gasteiger partial charge in [-0.25, -0.2) is 0 Å². The lowest BCUT2D eigenvalue weighted by Gasteiger charge is -2.26. The molecule has 0 radical (unpaired) electrons. The highest BCUT2D eigenvalue weighted by Crippen LogP contribution is 2.16. The highest BCUT2D eigenvalue weighted by Gasteiger charge is 2.25. The molecular formula is C42H72N2O14S2. The number of hydrogen-bond acceptors (Lipinski definition) is 14. The van der Waals surface area contributed by atoms with E-state index in [0.29, 0.717) is 16.4 Å². The van der Waals surface area contributed by atoms with Gasteiger partial charge >= 0.3 is 35.8 Å². The minimum Gasteiger partial charge on any atom is -0.481 e. The summed E-state index contributed by atoms with van der Waals surface area (Å²) in [7, 11) is 0. The van der Waals surface area contributed by atoms with Gasteiger partial charge in [0, 0.05) is 31.0 Å². The molecule has 0 saturated carbocycles. The third kappa shape index (κ3) is 32.3. The molecule has 0 aromatic heterocycles. The zero-order chi connectivity index (χ0) is 45.0. The molecular weight excluding hydrogens is 821 g/mol. The topological polar surface area (TPSA) is 220 Å². The van der Waals surface area contributed by atoms with Crippen molar-refractivity contribution < 1.29 is 67.5 Å². The molecule has 2 N–H and O–H groups in total. The summed E-state index contributed by atoms with van der Waals surface area (Å²) in [5.41, 5.74) is 0. The van der Waals surface area contributed by atoms with Crippen molar-refractivity contribution in [3.05, 3.63) is 0 Å². The van der Waals surface area contributed by atoms with Gasteiger partial charge in [0.2, 0.25) is 11.8 Å². The third-order valence-electron chi connectivity index (χ3n) is 9.09. The fourth-order valence-electron chi connectivity index (χ4n) is 5.49. The van der Waals surface area contributed by atoms with Crippen molar-refractivity contribution in [2.75, 3.05) is 75.6 Å². The summed E-state index contributed by atoms with van der Waals surface area (Å²) in [5, 5.41) is 18.2. The standard InChI is InChI=1S/C42H72N2O14S2/c1-5-7-9-11-13-15-27-59-31-33(3)41(53)57-25-23-55-39(51)19-21-43(36(46)29-44(30-38(49)50)35(45)17-18-37(47)48)22-20-40(52)56-24-26-58-42(54)34(4)32-60-28-16-14-12-10-8-6-2/h33-34H,5-32H2,1-4H3,(H,47,48)(H,49,50). The van der Waals surface area contributed by atoms with Gasteiger partial charge in [-0.2, -0.15) is 23.5 Å². The Morgan fingerprint density at radius 2 is 0.900 bits per heavy atom. The average Bonchev–Trinajstić information content (AvgIpc) is 3.21. The average molecular weight is 893 g/mol. The first kappa shape index (κ1) is 56.5. The Bertz CT molecular complexity index is 1210. The van der Waals surface area contributed by atoms with Crippen molar-refractivity contribution in [3.8, 4) is 0 Å². The summed E-state index contributed by atoms with van der Waals surface area (Å²) in [4.78, 5) is 100.0. The van der Waals surface area contributed by atoms with Crippen molar-refractivity contribution in [2.24, 2.45) is 11.8 Å². The first-order valence-electron chi connectivity index (χ1n) is 21.5. The predicted molar refractivity (Wildman–Crippen MR) is 230 cm³/mol. The number of thioether (sulfide) groups is 2. The minimum atomic E-state index is -1.44. The number of aliphatic carboxylic acids is 2. The van der Waals surface area contributed by atoms with Crippen molar-refractivity contribution in [1.29, 1.82) is 0 Å². The number of amides is 2. The molecule has 0 saturated heterocycles. The summed E-state index contributed by atoms with van der Waals surface area (Å²) in [6.07, 6.45) is 12.6. The Balaban J connectivity index is 4.98. The van der Waals surface area contributed by atoms with E-state index in [1.807, 2.05) is 0 Å². The molecule has 346 valence electrons. The van der Waals surface area contributed by atoms with Crippen LogP contribution in [0.1, 0.15) is 130 Å². The number of nitrogens with zero attached hydrogens (tertiary/aromatic N) is 2. The van der Waals surface area contributed by atoms with E-state index in [9.17, 15) is 43.5 Å². The SMILES string of the molecule is CCCCCCCCSCC(C)C(=O)OCCOC(=O)CCN(CCC(=O)OCCOC(=O)C(C)CSCCCCCCCC)C(=O)CN(CC(=O)O)C(=O)CCC(=O)O. The van der Waals surface area contributed by atoms with Gasteiger partial charge < -0.3 is 39.0 Å². The highest BCUT2D eigenvalue weighted by atomic mass is 32.2. The van der Waals surface area contributed by atoms with Crippen molar-refractivity contribution in [2.45, 2.75) is 130 Å². The Hall–Kier alpha value is -3.54. The molecule has 0 aromatic rings. The molecule has 0 aliphatic rings. The van der Waals surface area contributed by atoms with E-state index in [-0.39, 0.29) is 64.2 Å². The number of hydrogen-bond donors (Lipinski definition) is 2. The second kappa shape index (κ2) is 37.2. The lowest BCUT2D eigenvalue weighted by Crippen LogP contribution is -2.46. The number of carboxylic acids is 2. The molecule has 16 nitrogen and oxygen atoms in total. The second-order valence-electron chi connectivity index (χ2n) is 14.7. The number of carbonyl (C=O) groups is 8. The van der Waals surface area contributed by atoms with Gasteiger partial charge in [0.15, 0.2) is 0 Å². The van der Waals surface area contributed by atoms with E-state index in [4.69, 9.17) is 24.1 Å². The van der Waals surface area contributed by atoms with Gasteiger partial charge in [-0.1, -0.05) is 91.9 Å². The number of unbranched alkanes of at least 4 members (excludes halogenated alkanes) is 10. The molecule has 2 atom stereocenters.